The predicted molar refractivity (Wildman–Crippen MR) is 97.6 cm³/mol. The number of hydrogen-bond acceptors (Lipinski definition) is 4. The molecule has 1 N–H and O–H groups in total. The van der Waals surface area contributed by atoms with Crippen LogP contribution in [0.2, 0.25) is 0 Å². The van der Waals surface area contributed by atoms with Crippen molar-refractivity contribution in [1.29, 1.82) is 0 Å². The lowest BCUT2D eigenvalue weighted by Crippen LogP contribution is -2.30. The van der Waals surface area contributed by atoms with Crippen LogP contribution in [-0.2, 0) is 11.3 Å². The van der Waals surface area contributed by atoms with Crippen molar-refractivity contribution in [3.63, 3.8) is 0 Å². The van der Waals surface area contributed by atoms with Crippen molar-refractivity contribution >= 4 is 17.2 Å². The Morgan fingerprint density at radius 3 is 2.69 bits per heavy atom. The first kappa shape index (κ1) is 17.8. The van der Waals surface area contributed by atoms with E-state index in [0.717, 1.165) is 5.56 Å². The Labute approximate surface area is 149 Å². The van der Waals surface area contributed by atoms with Gasteiger partial charge in [-0.3, -0.25) is 18.9 Å². The van der Waals surface area contributed by atoms with E-state index >= 15 is 0 Å². The van der Waals surface area contributed by atoms with Crippen LogP contribution in [0.5, 0.6) is 0 Å². The number of rotatable bonds is 5. The van der Waals surface area contributed by atoms with Gasteiger partial charge in [-0.15, -0.1) is 0 Å². The maximum absolute atomic E-state index is 12.9. The molecule has 6 nitrogen and oxygen atoms in total. The molecule has 0 aliphatic carbocycles. The summed E-state index contributed by atoms with van der Waals surface area (Å²) in [7, 11) is 1.77. The number of hydrogen-bond donors (Lipinski definition) is 1. The van der Waals surface area contributed by atoms with E-state index in [-0.39, 0.29) is 23.8 Å². The van der Waals surface area contributed by atoms with Gasteiger partial charge < -0.3 is 5.32 Å². The van der Waals surface area contributed by atoms with Crippen LogP contribution in [0.15, 0.2) is 53.5 Å². The highest BCUT2D eigenvalue weighted by Crippen LogP contribution is 2.08. The highest BCUT2D eigenvalue weighted by atomic mass is 19.1. The summed E-state index contributed by atoms with van der Waals surface area (Å²) in [5.74, 6) is -0.587. The number of likely N-dealkylation sites (N-methyl/N-ethyl adjacent to an activating group) is 1. The van der Waals surface area contributed by atoms with Gasteiger partial charge in [-0.25, -0.2) is 9.37 Å². The fraction of sp³-hybridized carbons (Fsp3) is 0.211. The Balaban J connectivity index is 1.65. The Kier molecular flexibility index (Phi) is 5.09. The molecule has 3 aromatic rings. The van der Waals surface area contributed by atoms with E-state index in [1.165, 1.54) is 34.7 Å². The van der Waals surface area contributed by atoms with Gasteiger partial charge in [0, 0.05) is 24.5 Å². The van der Waals surface area contributed by atoms with E-state index in [1.807, 2.05) is 13.0 Å². The Bertz CT molecular complexity index is 999. The van der Waals surface area contributed by atoms with Crippen molar-refractivity contribution in [2.45, 2.75) is 13.5 Å². The zero-order chi connectivity index (χ0) is 18.7. The summed E-state index contributed by atoms with van der Waals surface area (Å²) in [5, 5.41) is 2.70. The topological polar surface area (TPSA) is 66.7 Å². The van der Waals surface area contributed by atoms with Crippen LogP contribution in [0.25, 0.3) is 5.65 Å². The van der Waals surface area contributed by atoms with Crippen LogP contribution in [0.3, 0.4) is 0 Å². The highest BCUT2D eigenvalue weighted by Gasteiger charge is 2.10. The lowest BCUT2D eigenvalue weighted by atomic mass is 10.3. The number of halogens is 1. The molecule has 0 fully saturated rings. The summed E-state index contributed by atoms with van der Waals surface area (Å²) in [5.41, 5.74) is 2.52. The minimum Gasteiger partial charge on any atom is -0.325 e. The molecule has 26 heavy (non-hydrogen) atoms. The van der Waals surface area contributed by atoms with Gasteiger partial charge in [-0.1, -0.05) is 6.07 Å². The van der Waals surface area contributed by atoms with E-state index in [4.69, 9.17) is 0 Å². The molecule has 0 bridgehead atoms. The first-order valence-electron chi connectivity index (χ1n) is 8.13. The molecule has 0 saturated heterocycles. The average molecular weight is 354 g/mol. The largest absolute Gasteiger partial charge is 0.325 e. The number of anilines is 1. The summed E-state index contributed by atoms with van der Waals surface area (Å²) in [6.45, 7) is 2.39. The van der Waals surface area contributed by atoms with Crippen molar-refractivity contribution in [1.82, 2.24) is 14.3 Å². The third-order valence-electron chi connectivity index (χ3n) is 3.83. The first-order valence-corrected chi connectivity index (χ1v) is 8.13. The number of carbonyl (C=O) groups excluding carboxylic acids is 1. The third-order valence-corrected chi connectivity index (χ3v) is 3.83. The molecule has 134 valence electrons. The normalized spacial score (nSPS) is 11.1. The molecule has 1 amide bonds. The number of aromatic nitrogens is 2. The van der Waals surface area contributed by atoms with Crippen LogP contribution in [-0.4, -0.2) is 33.8 Å². The fourth-order valence-electron chi connectivity index (χ4n) is 2.65. The van der Waals surface area contributed by atoms with Crippen LogP contribution in [0.4, 0.5) is 10.1 Å². The molecule has 1 aromatic carbocycles. The van der Waals surface area contributed by atoms with Crippen LogP contribution in [0.1, 0.15) is 11.3 Å². The number of aryl methyl sites for hydroxylation is 1. The number of fused-ring (bicyclic) bond motifs is 1. The lowest BCUT2D eigenvalue weighted by molar-refractivity contribution is -0.117. The molecule has 0 atom stereocenters. The number of carbonyl (C=O) groups is 1. The number of pyridine rings is 1. The number of nitrogens with one attached hydrogen (secondary N) is 1. The molecule has 2 aromatic heterocycles. The average Bonchev–Trinajstić information content (AvgIpc) is 2.57. The van der Waals surface area contributed by atoms with Gasteiger partial charge in [-0.05, 0) is 49.9 Å². The second-order valence-corrected chi connectivity index (χ2v) is 6.25. The van der Waals surface area contributed by atoms with Gasteiger partial charge in [0.1, 0.15) is 11.5 Å². The first-order chi connectivity index (χ1) is 12.4. The molecule has 0 aliphatic heterocycles. The van der Waals surface area contributed by atoms with E-state index in [0.29, 0.717) is 23.6 Å². The van der Waals surface area contributed by atoms with Crippen molar-refractivity contribution in [2.24, 2.45) is 0 Å². The van der Waals surface area contributed by atoms with E-state index in [2.05, 4.69) is 10.3 Å². The molecular weight excluding hydrogens is 335 g/mol. The maximum atomic E-state index is 12.9. The van der Waals surface area contributed by atoms with E-state index in [9.17, 15) is 14.0 Å². The summed E-state index contributed by atoms with van der Waals surface area (Å²) < 4.78 is 14.4. The highest BCUT2D eigenvalue weighted by molar-refractivity contribution is 5.92. The monoisotopic (exact) mass is 354 g/mol. The van der Waals surface area contributed by atoms with Gasteiger partial charge in [0.05, 0.1) is 12.2 Å². The van der Waals surface area contributed by atoms with Crippen LogP contribution >= 0.6 is 0 Å². The minimum atomic E-state index is -0.357. The van der Waals surface area contributed by atoms with Gasteiger partial charge in [0.25, 0.3) is 5.56 Å². The smallest absolute Gasteiger partial charge is 0.258 e. The van der Waals surface area contributed by atoms with Crippen molar-refractivity contribution in [3.8, 4) is 0 Å². The van der Waals surface area contributed by atoms with Crippen LogP contribution < -0.4 is 10.9 Å². The van der Waals surface area contributed by atoms with Crippen molar-refractivity contribution < 1.29 is 9.18 Å². The molecule has 0 unspecified atom stereocenters. The Hall–Kier alpha value is -3.06. The summed E-state index contributed by atoms with van der Waals surface area (Å²) >= 11 is 0. The fourth-order valence-corrected chi connectivity index (χ4v) is 2.65. The summed E-state index contributed by atoms with van der Waals surface area (Å²) in [4.78, 5) is 30.5. The van der Waals surface area contributed by atoms with Crippen molar-refractivity contribution in [2.75, 3.05) is 18.9 Å². The number of amides is 1. The molecule has 7 heteroatoms. The second-order valence-electron chi connectivity index (χ2n) is 6.25. The minimum absolute atomic E-state index is 0.117. The third kappa shape index (κ3) is 4.31. The van der Waals surface area contributed by atoms with E-state index < -0.39 is 0 Å². The molecule has 3 rings (SSSR count). The standard InChI is InChI=1S/C19H19FN4O2/c1-13-3-8-17-21-16(9-19(26)24(17)10-13)11-23(2)12-18(25)22-15-6-4-14(20)5-7-15/h3-10H,11-12H2,1-2H3,(H,22,25). The van der Waals surface area contributed by atoms with E-state index in [1.54, 1.807) is 24.2 Å². The number of benzene rings is 1. The van der Waals surface area contributed by atoms with Gasteiger partial charge in [0.2, 0.25) is 5.91 Å². The molecule has 0 spiro atoms. The van der Waals surface area contributed by atoms with Crippen molar-refractivity contribution in [3.05, 3.63) is 76.1 Å². The van der Waals surface area contributed by atoms with Gasteiger partial charge in [0.15, 0.2) is 0 Å². The Morgan fingerprint density at radius 2 is 1.96 bits per heavy atom. The predicted octanol–water partition coefficient (Wildman–Crippen LogP) is 2.21. The quantitative estimate of drug-likeness (QED) is 0.763. The number of nitrogens with zero attached hydrogens (tertiary/aromatic N) is 3. The molecule has 0 saturated carbocycles. The summed E-state index contributed by atoms with van der Waals surface area (Å²) in [6, 6.07) is 10.7. The maximum Gasteiger partial charge on any atom is 0.258 e. The van der Waals surface area contributed by atoms with Crippen LogP contribution in [0, 0.1) is 12.7 Å². The zero-order valence-corrected chi connectivity index (χ0v) is 14.6. The molecule has 2 heterocycles. The molecule has 0 aliphatic rings. The molecular formula is C19H19FN4O2. The van der Waals surface area contributed by atoms with Gasteiger partial charge in [-0.2, -0.15) is 0 Å². The lowest BCUT2D eigenvalue weighted by Gasteiger charge is -2.16. The second kappa shape index (κ2) is 7.45. The van der Waals surface area contributed by atoms with Gasteiger partial charge >= 0.3 is 0 Å². The Morgan fingerprint density at radius 1 is 1.23 bits per heavy atom. The molecule has 0 radical (unpaired) electrons. The SMILES string of the molecule is Cc1ccc2nc(CN(C)CC(=O)Nc3ccc(F)cc3)cc(=O)n2c1. The zero-order valence-electron chi connectivity index (χ0n) is 14.6. The summed E-state index contributed by atoms with van der Waals surface area (Å²) in [6.07, 6.45) is 1.74.